The number of halogens is 2. The number of hydrogen-bond donors (Lipinski definition) is 2. The molecule has 1 rings (SSSR count). The fraction of sp³-hybridized carbons (Fsp3) is 0.222. The molecule has 0 aliphatic rings. The lowest BCUT2D eigenvalue weighted by atomic mass is 10.1. The van der Waals surface area contributed by atoms with Gasteiger partial charge in [0.15, 0.2) is 0 Å². The Morgan fingerprint density at radius 1 is 1.62 bits per heavy atom. The van der Waals surface area contributed by atoms with Gasteiger partial charge in [-0.05, 0) is 37.9 Å². The molecular formula is C9H8Br2N2O3. The van der Waals surface area contributed by atoms with E-state index in [1.165, 1.54) is 0 Å². The third kappa shape index (κ3) is 3.57. The van der Waals surface area contributed by atoms with Crippen molar-refractivity contribution in [2.24, 2.45) is 0 Å². The van der Waals surface area contributed by atoms with Crippen molar-refractivity contribution < 1.29 is 14.7 Å². The number of hydrogen-bond acceptors (Lipinski definition) is 3. The monoisotopic (exact) mass is 350 g/mol. The number of aromatic nitrogens is 1. The molecule has 1 unspecified atom stereocenters. The highest BCUT2D eigenvalue weighted by Gasteiger charge is 2.18. The van der Waals surface area contributed by atoms with E-state index in [2.05, 4.69) is 42.2 Å². The van der Waals surface area contributed by atoms with Gasteiger partial charge in [-0.15, -0.1) is 0 Å². The van der Waals surface area contributed by atoms with Crippen LogP contribution in [0.1, 0.15) is 5.69 Å². The van der Waals surface area contributed by atoms with E-state index in [0.717, 1.165) is 4.47 Å². The van der Waals surface area contributed by atoms with Crippen LogP contribution in [0.15, 0.2) is 21.2 Å². The number of carboxylic acid groups (broad SMARTS) is 1. The minimum Gasteiger partial charge on any atom is -0.480 e. The Bertz CT molecular complexity index is 412. The molecular weight excluding hydrogens is 344 g/mol. The Morgan fingerprint density at radius 2 is 2.31 bits per heavy atom. The van der Waals surface area contributed by atoms with Gasteiger partial charge in [-0.25, -0.2) is 4.79 Å². The van der Waals surface area contributed by atoms with E-state index in [9.17, 15) is 9.59 Å². The number of carbonyl (C=O) groups is 2. The van der Waals surface area contributed by atoms with Gasteiger partial charge in [-0.3, -0.25) is 9.78 Å². The number of carboxylic acids is 1. The largest absolute Gasteiger partial charge is 0.480 e. The van der Waals surface area contributed by atoms with E-state index < -0.39 is 12.0 Å². The summed E-state index contributed by atoms with van der Waals surface area (Å²) in [4.78, 5) is 25.1. The molecule has 0 fully saturated rings. The van der Waals surface area contributed by atoms with Gasteiger partial charge >= 0.3 is 5.97 Å². The van der Waals surface area contributed by atoms with Crippen LogP contribution in [0.4, 0.5) is 0 Å². The lowest BCUT2D eigenvalue weighted by Gasteiger charge is -2.11. The number of nitrogens with one attached hydrogen (secondary N) is 1. The van der Waals surface area contributed by atoms with Gasteiger partial charge in [0.2, 0.25) is 6.41 Å². The molecule has 86 valence electrons. The Hall–Kier alpha value is -0.950. The van der Waals surface area contributed by atoms with Crippen molar-refractivity contribution in [1.29, 1.82) is 0 Å². The third-order valence-corrected chi connectivity index (χ3v) is 2.97. The Kier molecular flexibility index (Phi) is 4.88. The number of rotatable bonds is 5. The number of amides is 1. The second-order valence-corrected chi connectivity index (χ2v) is 4.73. The molecule has 1 aromatic rings. The summed E-state index contributed by atoms with van der Waals surface area (Å²) in [7, 11) is 0. The second-order valence-electron chi connectivity index (χ2n) is 2.96. The standard InChI is InChI=1S/C9H8Br2N2O3/c10-5-1-6(11)7(12-3-5)2-8(9(15)16)13-4-14/h1,3-4,8H,2H2,(H,13,14)(H,15,16). The Labute approximate surface area is 109 Å². The van der Waals surface area contributed by atoms with E-state index in [4.69, 9.17) is 5.11 Å². The molecule has 0 aliphatic carbocycles. The first kappa shape index (κ1) is 13.1. The highest BCUT2D eigenvalue weighted by atomic mass is 79.9. The fourth-order valence-electron chi connectivity index (χ4n) is 1.09. The molecule has 0 saturated carbocycles. The molecule has 1 amide bonds. The maximum Gasteiger partial charge on any atom is 0.326 e. The van der Waals surface area contributed by atoms with Crippen LogP contribution in [-0.4, -0.2) is 28.5 Å². The normalized spacial score (nSPS) is 11.9. The minimum atomic E-state index is -1.09. The smallest absolute Gasteiger partial charge is 0.326 e. The maximum absolute atomic E-state index is 10.8. The highest BCUT2D eigenvalue weighted by Crippen LogP contribution is 2.20. The molecule has 16 heavy (non-hydrogen) atoms. The molecule has 5 nitrogen and oxygen atoms in total. The van der Waals surface area contributed by atoms with Gasteiger partial charge in [0.05, 0.1) is 5.69 Å². The van der Waals surface area contributed by atoms with E-state index in [0.29, 0.717) is 16.6 Å². The van der Waals surface area contributed by atoms with Crippen LogP contribution in [0.25, 0.3) is 0 Å². The zero-order chi connectivity index (χ0) is 12.1. The first-order chi connectivity index (χ1) is 7.54. The van der Waals surface area contributed by atoms with Crippen LogP contribution in [0, 0.1) is 0 Å². The highest BCUT2D eigenvalue weighted by molar-refractivity contribution is 9.11. The molecule has 0 bridgehead atoms. The van der Waals surface area contributed by atoms with Crippen LogP contribution < -0.4 is 5.32 Å². The van der Waals surface area contributed by atoms with Crippen molar-refractivity contribution in [3.8, 4) is 0 Å². The van der Waals surface area contributed by atoms with Gasteiger partial charge in [-0.2, -0.15) is 0 Å². The lowest BCUT2D eigenvalue weighted by molar-refractivity contribution is -0.140. The second kappa shape index (κ2) is 5.95. The first-order valence-corrected chi connectivity index (χ1v) is 5.85. The molecule has 1 heterocycles. The lowest BCUT2D eigenvalue weighted by Crippen LogP contribution is -2.37. The predicted molar refractivity (Wildman–Crippen MR) is 64.0 cm³/mol. The van der Waals surface area contributed by atoms with Crippen LogP contribution in [0.5, 0.6) is 0 Å². The van der Waals surface area contributed by atoms with Crippen LogP contribution in [0.2, 0.25) is 0 Å². The number of aliphatic carboxylic acids is 1. The van der Waals surface area contributed by atoms with E-state index in [-0.39, 0.29) is 6.42 Å². The average molecular weight is 352 g/mol. The van der Waals surface area contributed by atoms with Gasteiger partial charge < -0.3 is 10.4 Å². The summed E-state index contributed by atoms with van der Waals surface area (Å²) in [6, 6.07) is 0.796. The molecule has 0 spiro atoms. The summed E-state index contributed by atoms with van der Waals surface area (Å²) < 4.78 is 1.49. The summed E-state index contributed by atoms with van der Waals surface area (Å²) in [6.07, 6.45) is 2.06. The molecule has 0 aromatic carbocycles. The predicted octanol–water partition coefficient (Wildman–Crippen LogP) is 1.35. The van der Waals surface area contributed by atoms with Crippen molar-refractivity contribution >= 4 is 44.2 Å². The summed E-state index contributed by atoms with van der Waals surface area (Å²) in [5.74, 6) is -1.09. The zero-order valence-electron chi connectivity index (χ0n) is 7.98. The first-order valence-electron chi connectivity index (χ1n) is 4.27. The van der Waals surface area contributed by atoms with Crippen molar-refractivity contribution in [2.75, 3.05) is 0 Å². The Morgan fingerprint density at radius 3 is 2.81 bits per heavy atom. The topological polar surface area (TPSA) is 79.3 Å². The molecule has 0 saturated heterocycles. The third-order valence-electron chi connectivity index (χ3n) is 1.85. The van der Waals surface area contributed by atoms with E-state index in [1.54, 1.807) is 12.3 Å². The molecule has 0 aliphatic heterocycles. The average Bonchev–Trinajstić information content (AvgIpc) is 2.20. The number of nitrogens with zero attached hydrogens (tertiary/aromatic N) is 1. The van der Waals surface area contributed by atoms with Crippen molar-refractivity contribution in [3.63, 3.8) is 0 Å². The quantitative estimate of drug-likeness (QED) is 0.785. The molecule has 0 radical (unpaired) electrons. The van der Waals surface area contributed by atoms with Crippen LogP contribution in [-0.2, 0) is 16.0 Å². The van der Waals surface area contributed by atoms with Gasteiger partial charge in [0.25, 0.3) is 0 Å². The summed E-state index contributed by atoms with van der Waals surface area (Å²) in [5.41, 5.74) is 0.574. The molecule has 1 aromatic heterocycles. The van der Waals surface area contributed by atoms with Gasteiger partial charge in [0.1, 0.15) is 6.04 Å². The zero-order valence-corrected chi connectivity index (χ0v) is 11.2. The minimum absolute atomic E-state index is 0.127. The maximum atomic E-state index is 10.8. The molecule has 7 heteroatoms. The van der Waals surface area contributed by atoms with Gasteiger partial charge in [0, 0.05) is 21.6 Å². The molecule has 2 N–H and O–H groups in total. The SMILES string of the molecule is O=CNC(Cc1ncc(Br)cc1Br)C(=O)O. The molecule has 1 atom stereocenters. The number of carbonyl (C=O) groups excluding carboxylic acids is 1. The number of pyridine rings is 1. The van der Waals surface area contributed by atoms with Crippen LogP contribution >= 0.6 is 31.9 Å². The summed E-state index contributed by atoms with van der Waals surface area (Å²) in [5, 5.41) is 11.1. The Balaban J connectivity index is 2.84. The van der Waals surface area contributed by atoms with E-state index in [1.807, 2.05) is 0 Å². The van der Waals surface area contributed by atoms with E-state index >= 15 is 0 Å². The van der Waals surface area contributed by atoms with Crippen molar-refractivity contribution in [2.45, 2.75) is 12.5 Å². The fourth-order valence-corrected chi connectivity index (χ4v) is 2.24. The van der Waals surface area contributed by atoms with Crippen molar-refractivity contribution in [3.05, 3.63) is 26.9 Å². The summed E-state index contributed by atoms with van der Waals surface area (Å²) in [6.45, 7) is 0. The van der Waals surface area contributed by atoms with Crippen molar-refractivity contribution in [1.82, 2.24) is 10.3 Å². The van der Waals surface area contributed by atoms with Crippen LogP contribution in [0.3, 0.4) is 0 Å². The summed E-state index contributed by atoms with van der Waals surface area (Å²) >= 11 is 6.52. The van der Waals surface area contributed by atoms with Gasteiger partial charge in [-0.1, -0.05) is 0 Å².